The average Bonchev–Trinajstić information content (AvgIpc) is 2.89. The van der Waals surface area contributed by atoms with Gasteiger partial charge in [0.2, 0.25) is 0 Å². The van der Waals surface area contributed by atoms with Gasteiger partial charge in [-0.25, -0.2) is 0 Å². The number of hydrogen-bond donors (Lipinski definition) is 1. The average molecular weight is 252 g/mol. The highest BCUT2D eigenvalue weighted by Gasteiger charge is 2.15. The van der Waals surface area contributed by atoms with Gasteiger partial charge in [0.05, 0.1) is 0 Å². The maximum atomic E-state index is 3.44. The van der Waals surface area contributed by atoms with Crippen LogP contribution in [0.15, 0.2) is 16.8 Å². The summed E-state index contributed by atoms with van der Waals surface area (Å²) in [5.41, 5.74) is 1.50. The Morgan fingerprint density at radius 3 is 2.88 bits per heavy atom. The van der Waals surface area contributed by atoms with Gasteiger partial charge in [0, 0.05) is 13.1 Å². The molecule has 0 aromatic carbocycles. The third-order valence-electron chi connectivity index (χ3n) is 3.72. The van der Waals surface area contributed by atoms with Crippen LogP contribution in [-0.4, -0.2) is 37.6 Å². The Labute approximate surface area is 109 Å². The molecule has 2 nitrogen and oxygen atoms in total. The minimum Gasteiger partial charge on any atom is -0.317 e. The first-order valence-electron chi connectivity index (χ1n) is 6.82. The number of nitrogens with one attached hydrogen (secondary N) is 1. The maximum absolute atomic E-state index is 3.44. The van der Waals surface area contributed by atoms with Gasteiger partial charge < -0.3 is 10.2 Å². The molecule has 1 fully saturated rings. The summed E-state index contributed by atoms with van der Waals surface area (Å²) in [6.45, 7) is 8.42. The van der Waals surface area contributed by atoms with Crippen LogP contribution in [-0.2, 0) is 6.42 Å². The van der Waals surface area contributed by atoms with Gasteiger partial charge in [-0.15, -0.1) is 0 Å². The summed E-state index contributed by atoms with van der Waals surface area (Å²) in [6, 6.07) is 2.25. The second-order valence-corrected chi connectivity index (χ2v) is 5.75. The number of rotatable bonds is 6. The first-order chi connectivity index (χ1) is 8.38. The summed E-state index contributed by atoms with van der Waals surface area (Å²) in [7, 11) is 0. The molecule has 1 saturated heterocycles. The molecule has 3 heteroatoms. The van der Waals surface area contributed by atoms with E-state index in [0.717, 1.165) is 5.92 Å². The lowest BCUT2D eigenvalue weighted by Crippen LogP contribution is -2.37. The molecule has 1 aliphatic heterocycles. The van der Waals surface area contributed by atoms with E-state index in [4.69, 9.17) is 0 Å². The van der Waals surface area contributed by atoms with Gasteiger partial charge in [-0.2, -0.15) is 11.3 Å². The van der Waals surface area contributed by atoms with Crippen molar-refractivity contribution in [1.29, 1.82) is 0 Å². The number of likely N-dealkylation sites (N-methyl/N-ethyl adjacent to an activating group) is 1. The molecule has 96 valence electrons. The van der Waals surface area contributed by atoms with E-state index in [1.54, 1.807) is 0 Å². The molecule has 0 saturated carbocycles. The van der Waals surface area contributed by atoms with Crippen molar-refractivity contribution in [3.63, 3.8) is 0 Å². The topological polar surface area (TPSA) is 15.3 Å². The van der Waals surface area contributed by atoms with Crippen molar-refractivity contribution < 1.29 is 0 Å². The van der Waals surface area contributed by atoms with Crippen LogP contribution in [0.1, 0.15) is 25.3 Å². The van der Waals surface area contributed by atoms with Gasteiger partial charge in [-0.05, 0) is 67.2 Å². The number of nitrogens with zero attached hydrogens (tertiary/aromatic N) is 1. The third kappa shape index (κ3) is 4.41. The quantitative estimate of drug-likeness (QED) is 0.837. The summed E-state index contributed by atoms with van der Waals surface area (Å²) < 4.78 is 0. The molecule has 1 N–H and O–H groups in total. The van der Waals surface area contributed by atoms with E-state index in [-0.39, 0.29) is 0 Å². The molecule has 0 amide bonds. The minimum atomic E-state index is 0.915. The van der Waals surface area contributed by atoms with E-state index in [2.05, 4.69) is 34.0 Å². The van der Waals surface area contributed by atoms with Crippen LogP contribution < -0.4 is 5.32 Å². The van der Waals surface area contributed by atoms with E-state index in [9.17, 15) is 0 Å². The first-order valence-corrected chi connectivity index (χ1v) is 7.77. The summed E-state index contributed by atoms with van der Waals surface area (Å²) >= 11 is 1.81. The largest absolute Gasteiger partial charge is 0.317 e. The summed E-state index contributed by atoms with van der Waals surface area (Å²) in [4.78, 5) is 2.62. The highest BCUT2D eigenvalue weighted by molar-refractivity contribution is 7.07. The predicted octanol–water partition coefficient (Wildman–Crippen LogP) is 2.61. The third-order valence-corrected chi connectivity index (χ3v) is 4.45. The van der Waals surface area contributed by atoms with Gasteiger partial charge in [0.1, 0.15) is 0 Å². The SMILES string of the molecule is CCN(CCc1ccsc1)CC1CCNCC1. The highest BCUT2D eigenvalue weighted by Crippen LogP contribution is 2.14. The molecule has 0 radical (unpaired) electrons. The Balaban J connectivity index is 1.72. The van der Waals surface area contributed by atoms with E-state index in [1.165, 1.54) is 57.5 Å². The normalized spacial score (nSPS) is 17.8. The van der Waals surface area contributed by atoms with Crippen LogP contribution in [0.25, 0.3) is 0 Å². The molecule has 2 rings (SSSR count). The molecule has 0 spiro atoms. The van der Waals surface area contributed by atoms with Crippen molar-refractivity contribution in [2.45, 2.75) is 26.2 Å². The van der Waals surface area contributed by atoms with Crippen LogP contribution in [0.3, 0.4) is 0 Å². The number of piperidine rings is 1. The standard InChI is InChI=1S/C14H24N2S/c1-2-16(9-5-14-6-10-17-12-14)11-13-3-7-15-8-4-13/h6,10,12-13,15H,2-5,7-9,11H2,1H3. The maximum Gasteiger partial charge on any atom is 0.00221 e. The van der Waals surface area contributed by atoms with Crippen molar-refractivity contribution >= 4 is 11.3 Å². The van der Waals surface area contributed by atoms with Crippen molar-refractivity contribution in [1.82, 2.24) is 10.2 Å². The fraction of sp³-hybridized carbons (Fsp3) is 0.714. The second-order valence-electron chi connectivity index (χ2n) is 4.97. The van der Waals surface area contributed by atoms with Crippen molar-refractivity contribution in [3.8, 4) is 0 Å². The van der Waals surface area contributed by atoms with Gasteiger partial charge >= 0.3 is 0 Å². The molecule has 1 aliphatic rings. The van der Waals surface area contributed by atoms with Crippen LogP contribution in [0.5, 0.6) is 0 Å². The van der Waals surface area contributed by atoms with Crippen molar-refractivity contribution in [2.75, 3.05) is 32.7 Å². The lowest BCUT2D eigenvalue weighted by atomic mass is 9.97. The molecular formula is C14H24N2S. The van der Waals surface area contributed by atoms with E-state index >= 15 is 0 Å². The molecule has 0 atom stereocenters. The molecule has 0 unspecified atom stereocenters. The van der Waals surface area contributed by atoms with E-state index in [0.29, 0.717) is 0 Å². The smallest absolute Gasteiger partial charge is 0.00221 e. The Kier molecular flexibility index (Phi) is 5.49. The monoisotopic (exact) mass is 252 g/mol. The first kappa shape index (κ1) is 13.1. The zero-order valence-electron chi connectivity index (χ0n) is 10.8. The van der Waals surface area contributed by atoms with Gasteiger partial charge in [0.15, 0.2) is 0 Å². The van der Waals surface area contributed by atoms with Gasteiger partial charge in [0.25, 0.3) is 0 Å². The molecule has 0 aliphatic carbocycles. The van der Waals surface area contributed by atoms with Crippen molar-refractivity contribution in [3.05, 3.63) is 22.4 Å². The van der Waals surface area contributed by atoms with Crippen LogP contribution >= 0.6 is 11.3 Å². The summed E-state index contributed by atoms with van der Waals surface area (Å²) in [5, 5.41) is 7.90. The molecule has 1 aromatic heterocycles. The van der Waals surface area contributed by atoms with Crippen molar-refractivity contribution in [2.24, 2.45) is 5.92 Å². The fourth-order valence-corrected chi connectivity index (χ4v) is 3.23. The molecular weight excluding hydrogens is 228 g/mol. The number of thiophene rings is 1. The van der Waals surface area contributed by atoms with Gasteiger partial charge in [-0.3, -0.25) is 0 Å². The fourth-order valence-electron chi connectivity index (χ4n) is 2.53. The number of hydrogen-bond acceptors (Lipinski definition) is 3. The summed E-state index contributed by atoms with van der Waals surface area (Å²) in [5.74, 6) is 0.915. The van der Waals surface area contributed by atoms with Crippen LogP contribution in [0.4, 0.5) is 0 Å². The summed E-state index contributed by atoms with van der Waals surface area (Å²) in [6.07, 6.45) is 3.92. The lowest BCUT2D eigenvalue weighted by Gasteiger charge is -2.29. The van der Waals surface area contributed by atoms with Crippen LogP contribution in [0, 0.1) is 5.92 Å². The molecule has 17 heavy (non-hydrogen) atoms. The Hall–Kier alpha value is -0.380. The highest BCUT2D eigenvalue weighted by atomic mass is 32.1. The molecule has 0 bridgehead atoms. The van der Waals surface area contributed by atoms with E-state index in [1.807, 2.05) is 11.3 Å². The minimum absolute atomic E-state index is 0.915. The predicted molar refractivity (Wildman–Crippen MR) is 75.7 cm³/mol. The molecule has 2 heterocycles. The van der Waals surface area contributed by atoms with Gasteiger partial charge in [-0.1, -0.05) is 6.92 Å². The Morgan fingerprint density at radius 1 is 1.41 bits per heavy atom. The Morgan fingerprint density at radius 2 is 2.24 bits per heavy atom. The zero-order valence-corrected chi connectivity index (χ0v) is 11.6. The Bertz CT molecular complexity index is 291. The second kappa shape index (κ2) is 7.14. The zero-order chi connectivity index (χ0) is 11.9. The van der Waals surface area contributed by atoms with E-state index < -0.39 is 0 Å². The lowest BCUT2D eigenvalue weighted by molar-refractivity contribution is 0.215. The van der Waals surface area contributed by atoms with Crippen LogP contribution in [0.2, 0.25) is 0 Å². The molecule has 1 aromatic rings.